The van der Waals surface area contributed by atoms with Gasteiger partial charge in [-0.3, -0.25) is 9.48 Å². The monoisotopic (exact) mass is 546 g/mol. The number of nitrogens with one attached hydrogen (secondary N) is 1. The van der Waals surface area contributed by atoms with Crippen molar-refractivity contribution in [3.05, 3.63) is 86.4 Å². The van der Waals surface area contributed by atoms with Crippen LogP contribution in [0.3, 0.4) is 0 Å². The van der Waals surface area contributed by atoms with Gasteiger partial charge < -0.3 is 15.0 Å². The van der Waals surface area contributed by atoms with E-state index in [-0.39, 0.29) is 37.0 Å². The zero-order valence-corrected chi connectivity index (χ0v) is 22.4. The molecule has 1 aliphatic rings. The number of hydrogen-bond acceptors (Lipinski definition) is 5. The number of benzene rings is 2. The van der Waals surface area contributed by atoms with Crippen molar-refractivity contribution in [2.24, 2.45) is 0 Å². The Morgan fingerprint density at radius 2 is 1.92 bits per heavy atom. The van der Waals surface area contributed by atoms with Crippen molar-refractivity contribution in [3.63, 3.8) is 0 Å². The Labute approximate surface area is 225 Å². The van der Waals surface area contributed by atoms with E-state index in [0.717, 1.165) is 11.3 Å². The van der Waals surface area contributed by atoms with Crippen molar-refractivity contribution in [3.8, 4) is 0 Å². The van der Waals surface area contributed by atoms with Gasteiger partial charge in [0.15, 0.2) is 5.69 Å². The van der Waals surface area contributed by atoms with Crippen molar-refractivity contribution in [2.45, 2.75) is 52.4 Å². The number of fused-ring (bicyclic) bond motifs is 1. The molecule has 0 saturated heterocycles. The van der Waals surface area contributed by atoms with Crippen LogP contribution in [0, 0.1) is 5.82 Å². The molecule has 10 heteroatoms. The molecular formula is C27H29Cl2FN4O3. The average molecular weight is 547 g/mol. The van der Waals surface area contributed by atoms with Crippen molar-refractivity contribution < 1.29 is 18.7 Å². The number of ether oxygens (including phenoxy) is 1. The van der Waals surface area contributed by atoms with E-state index in [1.165, 1.54) is 12.1 Å². The van der Waals surface area contributed by atoms with E-state index in [0.29, 0.717) is 46.4 Å². The third kappa shape index (κ3) is 5.98. The van der Waals surface area contributed by atoms with Crippen molar-refractivity contribution in [1.29, 1.82) is 0 Å². The largest absolute Gasteiger partial charge is 0.461 e. The van der Waals surface area contributed by atoms with Crippen LogP contribution in [0.5, 0.6) is 0 Å². The maximum atomic E-state index is 13.3. The van der Waals surface area contributed by atoms with E-state index in [2.05, 4.69) is 5.32 Å². The van der Waals surface area contributed by atoms with Crippen LogP contribution >= 0.6 is 23.2 Å². The van der Waals surface area contributed by atoms with Gasteiger partial charge in [0.25, 0.3) is 5.91 Å². The summed E-state index contributed by atoms with van der Waals surface area (Å²) in [5, 5.41) is 8.80. The molecule has 0 aliphatic carbocycles. The normalized spacial score (nSPS) is 15.8. The lowest BCUT2D eigenvalue weighted by Crippen LogP contribution is -2.42. The van der Waals surface area contributed by atoms with Crippen molar-refractivity contribution >= 4 is 35.1 Å². The number of rotatable bonds is 8. The van der Waals surface area contributed by atoms with Gasteiger partial charge in [0, 0.05) is 36.2 Å². The highest BCUT2D eigenvalue weighted by Crippen LogP contribution is 2.29. The Morgan fingerprint density at radius 3 is 2.59 bits per heavy atom. The van der Waals surface area contributed by atoms with Gasteiger partial charge in [0.1, 0.15) is 5.82 Å². The molecule has 2 atom stereocenters. The standard InChI is InChI=1S/C27H29Cl2FN4O3/c1-4-37-27(36)25-21-15-33(26(35)19-7-10-22(28)23(29)14-19)16(2)13-24(21)32-34(25)12-11-31-17(3)18-5-8-20(30)9-6-18/h5-10,14,16-17,31H,4,11-13,15H2,1-3H3/t16-,17+/m1/s1. The summed E-state index contributed by atoms with van der Waals surface area (Å²) < 4.78 is 20.2. The summed E-state index contributed by atoms with van der Waals surface area (Å²) in [5.41, 5.74) is 3.20. The maximum Gasteiger partial charge on any atom is 0.356 e. The van der Waals surface area contributed by atoms with Crippen molar-refractivity contribution in [1.82, 2.24) is 20.0 Å². The summed E-state index contributed by atoms with van der Waals surface area (Å²) in [4.78, 5) is 28.0. The molecule has 1 aromatic heterocycles. The molecule has 0 bridgehead atoms. The van der Waals surface area contributed by atoms with E-state index >= 15 is 0 Å². The molecule has 0 spiro atoms. The van der Waals surface area contributed by atoms with Gasteiger partial charge >= 0.3 is 5.97 Å². The first kappa shape index (κ1) is 27.1. The molecule has 1 amide bonds. The lowest BCUT2D eigenvalue weighted by Gasteiger charge is -2.33. The first-order valence-corrected chi connectivity index (χ1v) is 13.0. The van der Waals surface area contributed by atoms with Gasteiger partial charge in [-0.25, -0.2) is 9.18 Å². The number of carbonyl (C=O) groups excluding carboxylic acids is 2. The second kappa shape index (κ2) is 11.6. The molecule has 2 heterocycles. The van der Waals surface area contributed by atoms with Crippen LogP contribution in [0.2, 0.25) is 10.0 Å². The Bertz CT molecular complexity index is 1300. The van der Waals surface area contributed by atoms with Gasteiger partial charge in [-0.1, -0.05) is 35.3 Å². The maximum absolute atomic E-state index is 13.3. The average Bonchev–Trinajstić information content (AvgIpc) is 3.22. The topological polar surface area (TPSA) is 76.5 Å². The van der Waals surface area contributed by atoms with Gasteiger partial charge in [-0.05, 0) is 56.7 Å². The quantitative estimate of drug-likeness (QED) is 0.380. The molecule has 0 radical (unpaired) electrons. The minimum Gasteiger partial charge on any atom is -0.461 e. The Balaban J connectivity index is 1.55. The summed E-state index contributed by atoms with van der Waals surface area (Å²) in [6.07, 6.45) is 0.501. The van der Waals surface area contributed by atoms with E-state index in [1.54, 1.807) is 46.8 Å². The fourth-order valence-corrected chi connectivity index (χ4v) is 4.81. The SMILES string of the molecule is CCOC(=O)c1c2c(nn1CCN[C@@H](C)c1ccc(F)cc1)C[C@@H](C)N(C(=O)c1ccc(Cl)c(Cl)c1)C2. The first-order valence-electron chi connectivity index (χ1n) is 12.2. The molecule has 0 saturated carbocycles. The molecule has 0 unspecified atom stereocenters. The van der Waals surface area contributed by atoms with Crippen LogP contribution in [0.25, 0.3) is 0 Å². The first-order chi connectivity index (χ1) is 17.7. The second-order valence-corrected chi connectivity index (χ2v) is 9.87. The molecule has 1 aliphatic heterocycles. The van der Waals surface area contributed by atoms with Gasteiger partial charge in [-0.15, -0.1) is 0 Å². The van der Waals surface area contributed by atoms with E-state index in [9.17, 15) is 14.0 Å². The van der Waals surface area contributed by atoms with Gasteiger partial charge in [-0.2, -0.15) is 5.10 Å². The van der Waals surface area contributed by atoms with Crippen molar-refractivity contribution in [2.75, 3.05) is 13.2 Å². The molecule has 196 valence electrons. The number of esters is 1. The smallest absolute Gasteiger partial charge is 0.356 e. The zero-order valence-electron chi connectivity index (χ0n) is 20.9. The Morgan fingerprint density at radius 1 is 1.19 bits per heavy atom. The molecule has 37 heavy (non-hydrogen) atoms. The number of carbonyl (C=O) groups is 2. The molecule has 1 N–H and O–H groups in total. The van der Waals surface area contributed by atoms with Crippen LogP contribution in [-0.4, -0.2) is 45.8 Å². The van der Waals surface area contributed by atoms with E-state index in [4.69, 9.17) is 33.0 Å². The van der Waals surface area contributed by atoms with Crippen LogP contribution < -0.4 is 5.32 Å². The summed E-state index contributed by atoms with van der Waals surface area (Å²) in [7, 11) is 0. The fraction of sp³-hybridized carbons (Fsp3) is 0.370. The predicted molar refractivity (Wildman–Crippen MR) is 141 cm³/mol. The summed E-state index contributed by atoms with van der Waals surface area (Å²) in [6, 6.07) is 11.0. The summed E-state index contributed by atoms with van der Waals surface area (Å²) in [6.45, 7) is 7.08. The van der Waals surface area contributed by atoms with E-state index < -0.39 is 5.97 Å². The number of halogens is 3. The molecule has 2 aromatic carbocycles. The molecule has 3 aromatic rings. The van der Waals surface area contributed by atoms with Crippen LogP contribution in [0.1, 0.15) is 64.5 Å². The highest BCUT2D eigenvalue weighted by molar-refractivity contribution is 6.42. The lowest BCUT2D eigenvalue weighted by atomic mass is 9.98. The fourth-order valence-electron chi connectivity index (χ4n) is 4.51. The predicted octanol–water partition coefficient (Wildman–Crippen LogP) is 5.44. The van der Waals surface area contributed by atoms with Gasteiger partial charge in [0.2, 0.25) is 0 Å². The number of aromatic nitrogens is 2. The number of nitrogens with zero attached hydrogens (tertiary/aromatic N) is 3. The second-order valence-electron chi connectivity index (χ2n) is 9.06. The van der Waals surface area contributed by atoms with Gasteiger partial charge in [0.05, 0.1) is 35.4 Å². The third-order valence-electron chi connectivity index (χ3n) is 6.52. The highest BCUT2D eigenvalue weighted by atomic mass is 35.5. The minimum absolute atomic E-state index is 0.0174. The van der Waals surface area contributed by atoms with Crippen LogP contribution in [0.15, 0.2) is 42.5 Å². The number of hydrogen-bond donors (Lipinski definition) is 1. The summed E-state index contributed by atoms with van der Waals surface area (Å²) >= 11 is 12.2. The summed E-state index contributed by atoms with van der Waals surface area (Å²) in [5.74, 6) is -0.952. The van der Waals surface area contributed by atoms with E-state index in [1.807, 2.05) is 13.8 Å². The van der Waals surface area contributed by atoms with Crippen LogP contribution in [0.4, 0.5) is 4.39 Å². The Kier molecular flexibility index (Phi) is 8.52. The molecular weight excluding hydrogens is 518 g/mol. The number of amides is 1. The molecule has 0 fully saturated rings. The molecule has 4 rings (SSSR count). The molecule has 7 nitrogen and oxygen atoms in total. The Hall–Kier alpha value is -2.94. The lowest BCUT2D eigenvalue weighted by molar-refractivity contribution is 0.0502. The highest BCUT2D eigenvalue weighted by Gasteiger charge is 2.34. The third-order valence-corrected chi connectivity index (χ3v) is 7.26. The van der Waals surface area contributed by atoms with Crippen LogP contribution in [-0.2, 0) is 24.2 Å². The minimum atomic E-state index is -0.473. The zero-order chi connectivity index (χ0) is 26.7.